The molecule has 1 aliphatic rings. The van der Waals surface area contributed by atoms with Crippen molar-refractivity contribution in [3.8, 4) is 28.6 Å². The van der Waals surface area contributed by atoms with Crippen molar-refractivity contribution in [1.29, 1.82) is 5.26 Å². The van der Waals surface area contributed by atoms with Gasteiger partial charge in [0.05, 0.1) is 35.3 Å². The summed E-state index contributed by atoms with van der Waals surface area (Å²) in [6.07, 6.45) is 3.69. The fourth-order valence-electron chi connectivity index (χ4n) is 4.30. The highest BCUT2D eigenvalue weighted by Gasteiger charge is 2.20. The van der Waals surface area contributed by atoms with E-state index < -0.39 is 5.41 Å². The molecule has 5 aromatic rings. The van der Waals surface area contributed by atoms with E-state index in [9.17, 15) is 5.26 Å². The van der Waals surface area contributed by atoms with E-state index >= 15 is 0 Å². The quantitative estimate of drug-likeness (QED) is 0.388. The van der Waals surface area contributed by atoms with Gasteiger partial charge in [-0.05, 0) is 59.9 Å². The summed E-state index contributed by atoms with van der Waals surface area (Å²) in [6.45, 7) is 4.59. The van der Waals surface area contributed by atoms with Crippen LogP contribution in [0.15, 0.2) is 71.9 Å². The average molecular weight is 428 g/mol. The van der Waals surface area contributed by atoms with Crippen molar-refractivity contribution in [3.63, 3.8) is 0 Å². The molecule has 0 N–H and O–H groups in total. The monoisotopic (exact) mass is 428 g/mol. The van der Waals surface area contributed by atoms with E-state index in [1.807, 2.05) is 54.8 Å². The average Bonchev–Trinajstić information content (AvgIpc) is 3.50. The molecule has 0 fully saturated rings. The Bertz CT molecular complexity index is 1620. The lowest BCUT2D eigenvalue weighted by Gasteiger charge is -2.15. The highest BCUT2D eigenvalue weighted by Crippen LogP contribution is 2.30. The Balaban J connectivity index is 1.51. The number of hydrogen-bond donors (Lipinski definition) is 0. The van der Waals surface area contributed by atoms with Crippen molar-refractivity contribution in [2.24, 2.45) is 4.99 Å². The van der Waals surface area contributed by atoms with Crippen molar-refractivity contribution in [1.82, 2.24) is 19.6 Å². The lowest BCUT2D eigenvalue weighted by atomic mass is 9.86. The molecule has 6 nitrogen and oxygen atoms in total. The SMILES string of the molecule is CC(C)(C#N)c1ccc(-c2nnc3cnc4ccc(-c5ccc6c(c5)C=NC6)cc4n23)cc1. The van der Waals surface area contributed by atoms with Crippen LogP contribution in [0.2, 0.25) is 0 Å². The molecule has 2 aromatic heterocycles. The summed E-state index contributed by atoms with van der Waals surface area (Å²) in [5.41, 5.74) is 8.54. The Morgan fingerprint density at radius 3 is 2.48 bits per heavy atom. The molecular weight excluding hydrogens is 408 g/mol. The van der Waals surface area contributed by atoms with Gasteiger partial charge in [0.1, 0.15) is 0 Å². The molecule has 0 aliphatic carbocycles. The molecule has 0 atom stereocenters. The summed E-state index contributed by atoms with van der Waals surface area (Å²) in [5.74, 6) is 0.747. The van der Waals surface area contributed by atoms with Gasteiger partial charge in [-0.15, -0.1) is 10.2 Å². The summed E-state index contributed by atoms with van der Waals surface area (Å²) in [5, 5.41) is 18.3. The highest BCUT2D eigenvalue weighted by atomic mass is 15.3. The first-order chi connectivity index (χ1) is 16.0. The largest absolute Gasteiger partial charge is 0.288 e. The lowest BCUT2D eigenvalue weighted by Crippen LogP contribution is -2.13. The van der Waals surface area contributed by atoms with Crippen LogP contribution in [0.3, 0.4) is 0 Å². The fourth-order valence-corrected chi connectivity index (χ4v) is 4.30. The molecule has 3 heterocycles. The molecule has 0 bridgehead atoms. The van der Waals surface area contributed by atoms with E-state index in [0.29, 0.717) is 5.65 Å². The van der Waals surface area contributed by atoms with Crippen LogP contribution in [0, 0.1) is 11.3 Å². The number of hydrogen-bond acceptors (Lipinski definition) is 5. The first-order valence-corrected chi connectivity index (χ1v) is 10.8. The van der Waals surface area contributed by atoms with Gasteiger partial charge >= 0.3 is 0 Å². The Hall–Kier alpha value is -4.37. The number of aromatic nitrogens is 4. The van der Waals surface area contributed by atoms with Crippen LogP contribution in [-0.2, 0) is 12.0 Å². The number of nitriles is 1. The molecule has 33 heavy (non-hydrogen) atoms. The predicted octanol–water partition coefficient (Wildman–Crippen LogP) is 5.35. The van der Waals surface area contributed by atoms with E-state index in [0.717, 1.165) is 45.7 Å². The number of aliphatic imine (C=N–C) groups is 1. The van der Waals surface area contributed by atoms with Crippen LogP contribution >= 0.6 is 0 Å². The molecule has 3 aromatic carbocycles. The van der Waals surface area contributed by atoms with Crippen LogP contribution in [0.1, 0.15) is 30.5 Å². The highest BCUT2D eigenvalue weighted by molar-refractivity contribution is 5.89. The summed E-state index contributed by atoms with van der Waals surface area (Å²) in [6, 6.07) is 23.1. The van der Waals surface area contributed by atoms with Gasteiger partial charge < -0.3 is 0 Å². The molecule has 6 rings (SSSR count). The molecule has 0 amide bonds. The zero-order valence-corrected chi connectivity index (χ0v) is 18.3. The van der Waals surface area contributed by atoms with Gasteiger partial charge in [-0.1, -0.05) is 42.5 Å². The van der Waals surface area contributed by atoms with Gasteiger partial charge in [0, 0.05) is 11.8 Å². The number of fused-ring (bicyclic) bond motifs is 4. The molecule has 158 valence electrons. The smallest absolute Gasteiger partial charge is 0.180 e. The van der Waals surface area contributed by atoms with Gasteiger partial charge in [0.2, 0.25) is 0 Å². The molecule has 0 spiro atoms. The summed E-state index contributed by atoms with van der Waals surface area (Å²) in [7, 11) is 0. The van der Waals surface area contributed by atoms with E-state index in [1.54, 1.807) is 6.20 Å². The zero-order valence-electron chi connectivity index (χ0n) is 18.3. The van der Waals surface area contributed by atoms with Gasteiger partial charge in [0.25, 0.3) is 0 Å². The molecule has 6 heteroatoms. The fraction of sp³-hybridized carbons (Fsp3) is 0.148. The third-order valence-corrected chi connectivity index (χ3v) is 6.34. The maximum Gasteiger partial charge on any atom is 0.180 e. The Morgan fingerprint density at radius 1 is 0.909 bits per heavy atom. The zero-order chi connectivity index (χ0) is 22.6. The van der Waals surface area contributed by atoms with Crippen LogP contribution < -0.4 is 0 Å². The first-order valence-electron chi connectivity index (χ1n) is 10.8. The molecule has 0 saturated heterocycles. The minimum atomic E-state index is -0.544. The second-order valence-electron chi connectivity index (χ2n) is 8.88. The number of nitrogens with zero attached hydrogens (tertiary/aromatic N) is 6. The van der Waals surface area contributed by atoms with E-state index in [-0.39, 0.29) is 0 Å². The normalized spacial score (nSPS) is 12.9. The van der Waals surface area contributed by atoms with Crippen LogP contribution in [-0.4, -0.2) is 25.8 Å². The molecule has 0 saturated carbocycles. The minimum absolute atomic E-state index is 0.544. The summed E-state index contributed by atoms with van der Waals surface area (Å²) in [4.78, 5) is 8.95. The predicted molar refractivity (Wildman–Crippen MR) is 129 cm³/mol. The Morgan fingerprint density at radius 2 is 1.67 bits per heavy atom. The Labute approximate surface area is 190 Å². The van der Waals surface area contributed by atoms with Gasteiger partial charge in [-0.3, -0.25) is 14.4 Å². The summed E-state index contributed by atoms with van der Waals surface area (Å²) < 4.78 is 2.05. The Kier molecular flexibility index (Phi) is 4.14. The molecule has 0 radical (unpaired) electrons. The summed E-state index contributed by atoms with van der Waals surface area (Å²) >= 11 is 0. The van der Waals surface area contributed by atoms with Crippen LogP contribution in [0.25, 0.3) is 39.2 Å². The maximum absolute atomic E-state index is 9.44. The topological polar surface area (TPSA) is 79.2 Å². The second kappa shape index (κ2) is 7.07. The second-order valence-corrected chi connectivity index (χ2v) is 8.88. The third kappa shape index (κ3) is 3.09. The van der Waals surface area contributed by atoms with E-state index in [4.69, 9.17) is 0 Å². The maximum atomic E-state index is 9.44. The van der Waals surface area contributed by atoms with Crippen molar-refractivity contribution in [3.05, 3.63) is 83.6 Å². The van der Waals surface area contributed by atoms with Crippen molar-refractivity contribution >= 4 is 22.9 Å². The molecular formula is C27H20N6. The van der Waals surface area contributed by atoms with Gasteiger partial charge in [-0.2, -0.15) is 5.26 Å². The first kappa shape index (κ1) is 19.3. The van der Waals surface area contributed by atoms with Gasteiger partial charge in [-0.25, -0.2) is 0 Å². The van der Waals surface area contributed by atoms with Crippen molar-refractivity contribution < 1.29 is 0 Å². The molecule has 0 unspecified atom stereocenters. The van der Waals surface area contributed by atoms with Crippen molar-refractivity contribution in [2.75, 3.05) is 0 Å². The minimum Gasteiger partial charge on any atom is -0.288 e. The standard InChI is InChI=1S/C27H20N6/c1-27(2,16-28)22-8-5-17(6-9-22)26-32-31-25-15-30-23-10-7-19(12-24(23)33(25)26)18-3-4-20-13-29-14-21(20)11-18/h3-12,14-15H,13H2,1-2H3. The number of rotatable bonds is 3. The number of benzene rings is 3. The van der Waals surface area contributed by atoms with E-state index in [2.05, 4.69) is 56.6 Å². The third-order valence-electron chi connectivity index (χ3n) is 6.34. The van der Waals surface area contributed by atoms with Gasteiger partial charge in [0.15, 0.2) is 11.5 Å². The van der Waals surface area contributed by atoms with Crippen molar-refractivity contribution in [2.45, 2.75) is 25.8 Å². The van der Waals surface area contributed by atoms with Crippen LogP contribution in [0.5, 0.6) is 0 Å². The van der Waals surface area contributed by atoms with E-state index in [1.165, 1.54) is 11.1 Å². The lowest BCUT2D eigenvalue weighted by molar-refractivity contribution is 0.687. The van der Waals surface area contributed by atoms with Crippen LogP contribution in [0.4, 0.5) is 0 Å². The molecule has 1 aliphatic heterocycles.